The molecule has 4 heteroatoms. The molecule has 124 valence electrons. The Hall–Kier alpha value is -1.60. The van der Waals surface area contributed by atoms with Gasteiger partial charge < -0.3 is 5.11 Å². The standard InChI is InChI=1S/C14H10O2S.C6H5.CH3.Pb/c15-10-5-6-14-11(8-10)12(16)7-9-3-1-2-4-13(9)17-14;1-2-4-6-5-3-1;;/h1-6,8,15H,7H2;1-5H;1H3;. The Balaban J connectivity index is 0.000000192. The molecule has 0 saturated heterocycles. The Morgan fingerprint density at radius 2 is 1.64 bits per heavy atom. The summed E-state index contributed by atoms with van der Waals surface area (Å²) in [6, 6.07) is 23.6. The molecule has 4 rings (SSSR count). The molecular formula is C21H18O2PbS. The number of ketones is 1. The second kappa shape index (κ2) is 8.67. The van der Waals surface area contributed by atoms with E-state index in [2.05, 4.69) is 34.8 Å². The summed E-state index contributed by atoms with van der Waals surface area (Å²) < 4.78 is 3.96. The van der Waals surface area contributed by atoms with Gasteiger partial charge in [-0.3, -0.25) is 4.79 Å². The SMILES string of the molecule is O=C1Cc2ccccc2Sc2ccc(O)cc21.[CH3][Pb][c]1ccccc1. The van der Waals surface area contributed by atoms with Crippen LogP contribution in [-0.2, 0) is 6.42 Å². The Morgan fingerprint density at radius 3 is 2.36 bits per heavy atom. The molecule has 2 nitrogen and oxygen atoms in total. The van der Waals surface area contributed by atoms with Crippen LogP contribution in [0.3, 0.4) is 0 Å². The topological polar surface area (TPSA) is 37.3 Å². The van der Waals surface area contributed by atoms with Gasteiger partial charge in [0.15, 0.2) is 5.78 Å². The number of hydrogen-bond donors (Lipinski definition) is 1. The number of rotatable bonds is 1. The van der Waals surface area contributed by atoms with E-state index in [1.807, 2.05) is 24.3 Å². The fourth-order valence-corrected chi connectivity index (χ4v) is 5.68. The Bertz CT molecular complexity index is 878. The summed E-state index contributed by atoms with van der Waals surface area (Å²) in [5.74, 6) is 0.206. The first kappa shape index (κ1) is 18.2. The van der Waals surface area contributed by atoms with Crippen LogP contribution in [0.5, 0.6) is 5.75 Å². The van der Waals surface area contributed by atoms with E-state index >= 15 is 0 Å². The Kier molecular flexibility index (Phi) is 6.31. The van der Waals surface area contributed by atoms with Crippen molar-refractivity contribution in [3.63, 3.8) is 0 Å². The second-order valence-electron chi connectivity index (χ2n) is 5.61. The number of fused-ring (bicyclic) bond motifs is 2. The first-order chi connectivity index (χ1) is 12.2. The van der Waals surface area contributed by atoms with Gasteiger partial charge in [0, 0.05) is 21.8 Å². The van der Waals surface area contributed by atoms with Gasteiger partial charge in [0.25, 0.3) is 0 Å². The maximum absolute atomic E-state index is 12.1. The van der Waals surface area contributed by atoms with Gasteiger partial charge in [-0.25, -0.2) is 0 Å². The number of hydrogen-bond acceptors (Lipinski definition) is 3. The maximum atomic E-state index is 12.1. The Labute approximate surface area is 164 Å². The monoisotopic (exact) mass is 542 g/mol. The number of carbonyl (C=O) groups is 1. The molecular weight excluding hydrogens is 523 g/mol. The number of benzene rings is 3. The van der Waals surface area contributed by atoms with E-state index in [-0.39, 0.29) is 35.8 Å². The van der Waals surface area contributed by atoms with Crippen molar-refractivity contribution in [3.05, 3.63) is 83.9 Å². The van der Waals surface area contributed by atoms with Gasteiger partial charge in [-0.2, -0.15) is 0 Å². The zero-order valence-corrected chi connectivity index (χ0v) is 18.6. The zero-order valence-electron chi connectivity index (χ0n) is 13.9. The predicted octanol–water partition coefficient (Wildman–Crippen LogP) is 4.35. The molecule has 0 spiro atoms. The summed E-state index contributed by atoms with van der Waals surface area (Å²) in [6.45, 7) is 0. The van der Waals surface area contributed by atoms with E-state index in [1.54, 1.807) is 33.1 Å². The predicted molar refractivity (Wildman–Crippen MR) is 104 cm³/mol. The molecule has 0 atom stereocenters. The quantitative estimate of drug-likeness (QED) is 0.466. The van der Waals surface area contributed by atoms with Gasteiger partial charge in [-0.1, -0.05) is 30.0 Å². The average Bonchev–Trinajstić information content (AvgIpc) is 2.79. The van der Waals surface area contributed by atoms with E-state index in [0.29, 0.717) is 12.0 Å². The van der Waals surface area contributed by atoms with Gasteiger partial charge in [0.2, 0.25) is 0 Å². The number of Topliss-reactive ketones (excluding diaryl/α,β-unsaturated/α-hetero) is 1. The molecule has 1 aliphatic rings. The average molecular weight is 542 g/mol. The molecule has 0 bridgehead atoms. The number of carbonyl (C=O) groups excluding carboxylic acids is 1. The zero-order chi connectivity index (χ0) is 17.6. The molecule has 1 aliphatic heterocycles. The summed E-state index contributed by atoms with van der Waals surface area (Å²) in [7, 11) is 0. The van der Waals surface area contributed by atoms with Crippen molar-refractivity contribution in [3.8, 4) is 5.75 Å². The summed E-state index contributed by atoms with van der Waals surface area (Å²) in [5, 5.41) is 9.45. The van der Waals surface area contributed by atoms with Crippen LogP contribution in [0.25, 0.3) is 0 Å². The molecule has 0 fully saturated rings. The van der Waals surface area contributed by atoms with Crippen molar-refractivity contribution in [1.82, 2.24) is 0 Å². The molecule has 1 heterocycles. The summed E-state index contributed by atoms with van der Waals surface area (Å²) in [5.41, 5.74) is 1.67. The van der Waals surface area contributed by atoms with Crippen LogP contribution in [-0.4, -0.2) is 35.1 Å². The second-order valence-corrected chi connectivity index (χ2v) is 10.9. The molecule has 0 aliphatic carbocycles. The Morgan fingerprint density at radius 1 is 0.920 bits per heavy atom. The van der Waals surface area contributed by atoms with Gasteiger partial charge in [0.05, 0.1) is 0 Å². The van der Waals surface area contributed by atoms with E-state index in [4.69, 9.17) is 0 Å². The molecule has 25 heavy (non-hydrogen) atoms. The molecule has 1 N–H and O–H groups in total. The number of phenols is 1. The van der Waals surface area contributed by atoms with Gasteiger partial charge in [-0.05, 0) is 29.8 Å². The third-order valence-corrected chi connectivity index (χ3v) is 8.60. The van der Waals surface area contributed by atoms with Crippen LogP contribution in [0.15, 0.2) is 82.6 Å². The third-order valence-electron chi connectivity index (χ3n) is 3.87. The molecule has 3 aromatic carbocycles. The van der Waals surface area contributed by atoms with Gasteiger partial charge in [0.1, 0.15) is 5.75 Å². The first-order valence-electron chi connectivity index (χ1n) is 8.02. The number of aromatic hydroxyl groups is 1. The van der Waals surface area contributed by atoms with Crippen LogP contribution >= 0.6 is 11.8 Å². The van der Waals surface area contributed by atoms with E-state index < -0.39 is 0 Å². The van der Waals surface area contributed by atoms with Crippen molar-refractivity contribution in [2.24, 2.45) is 0 Å². The summed E-state index contributed by atoms with van der Waals surface area (Å²) >= 11 is 1.26. The van der Waals surface area contributed by atoms with E-state index in [1.165, 1.54) is 0 Å². The van der Waals surface area contributed by atoms with E-state index in [0.717, 1.165) is 15.4 Å². The molecule has 0 aromatic heterocycles. The number of phenolic OH excluding ortho intramolecular Hbond substituents is 1. The van der Waals surface area contributed by atoms with Crippen LogP contribution in [0, 0.1) is 0 Å². The van der Waals surface area contributed by atoms with Crippen LogP contribution in [0.4, 0.5) is 0 Å². The van der Waals surface area contributed by atoms with Crippen molar-refractivity contribution in [1.29, 1.82) is 0 Å². The van der Waals surface area contributed by atoms with E-state index in [9.17, 15) is 9.90 Å². The summed E-state index contributed by atoms with van der Waals surface area (Å²) in [4.78, 5) is 14.1. The fraction of sp³-hybridized carbons (Fsp3) is 0.0952. The first-order valence-corrected chi connectivity index (χ1v) is 14.7. The van der Waals surface area contributed by atoms with Crippen molar-refractivity contribution < 1.29 is 9.90 Å². The fourth-order valence-electron chi connectivity index (χ4n) is 2.57. The van der Waals surface area contributed by atoms with Gasteiger partial charge in [-0.15, -0.1) is 0 Å². The van der Waals surface area contributed by atoms with Crippen molar-refractivity contribution in [2.45, 2.75) is 20.7 Å². The minimum atomic E-state index is -0.328. The molecule has 0 saturated carbocycles. The van der Waals surface area contributed by atoms with Crippen molar-refractivity contribution >= 4 is 44.9 Å². The van der Waals surface area contributed by atoms with Crippen molar-refractivity contribution in [2.75, 3.05) is 0 Å². The van der Waals surface area contributed by atoms with Crippen LogP contribution in [0.2, 0.25) is 4.48 Å². The normalized spacial score (nSPS) is 12.3. The molecule has 0 unspecified atom stereocenters. The molecule has 3 aromatic rings. The minimum absolute atomic E-state index is 0.0633. The summed E-state index contributed by atoms with van der Waals surface area (Å²) in [6.07, 6.45) is 0.402. The van der Waals surface area contributed by atoms with Crippen LogP contribution in [0.1, 0.15) is 15.9 Å². The third kappa shape index (κ3) is 4.73. The van der Waals surface area contributed by atoms with Gasteiger partial charge >= 0.3 is 62.2 Å². The van der Waals surface area contributed by atoms with Crippen LogP contribution < -0.4 is 3.12 Å². The molecule has 2 radical (unpaired) electrons. The molecule has 0 amide bonds.